The van der Waals surface area contributed by atoms with E-state index in [9.17, 15) is 4.21 Å². The molecule has 0 aromatic heterocycles. The molecule has 4 heteroatoms. The van der Waals surface area contributed by atoms with E-state index >= 15 is 0 Å². The van der Waals surface area contributed by atoms with Crippen LogP contribution in [0, 0.1) is 0 Å². The summed E-state index contributed by atoms with van der Waals surface area (Å²) in [5, 5.41) is 0. The van der Waals surface area contributed by atoms with E-state index in [1.54, 1.807) is 0 Å². The van der Waals surface area contributed by atoms with E-state index in [1.165, 1.54) is 5.57 Å². The molecule has 0 radical (unpaired) electrons. The van der Waals surface area contributed by atoms with Crippen LogP contribution in [0.2, 0.25) is 0 Å². The van der Waals surface area contributed by atoms with Crippen LogP contribution >= 0.6 is 0 Å². The lowest BCUT2D eigenvalue weighted by Gasteiger charge is -2.13. The van der Waals surface area contributed by atoms with Gasteiger partial charge in [0.1, 0.15) is 15.9 Å². The van der Waals surface area contributed by atoms with Crippen molar-refractivity contribution in [3.05, 3.63) is 45.7 Å². The van der Waals surface area contributed by atoms with Crippen LogP contribution in [0.4, 0.5) is 0 Å². The first-order valence-corrected chi connectivity index (χ1v) is 7.32. The van der Waals surface area contributed by atoms with Crippen LogP contribution in [0.5, 0.6) is 0 Å². The summed E-state index contributed by atoms with van der Waals surface area (Å²) in [6.45, 7) is 4.20. The van der Waals surface area contributed by atoms with Gasteiger partial charge < -0.3 is 4.74 Å². The predicted molar refractivity (Wildman–Crippen MR) is 73.1 cm³/mol. The number of nitrogens with one attached hydrogen (secondary N) is 1. The van der Waals surface area contributed by atoms with Crippen LogP contribution in [-0.2, 0) is 15.7 Å². The molecule has 0 amide bonds. The molecule has 1 aliphatic heterocycles. The molecule has 3 nitrogen and oxygen atoms in total. The van der Waals surface area contributed by atoms with Gasteiger partial charge in [-0.3, -0.25) is 0 Å². The summed E-state index contributed by atoms with van der Waals surface area (Å²) in [5.74, 6) is 0. The molecule has 1 heterocycles. The molecular weight excluding hydrogens is 246 g/mol. The number of allylic oxidation sites excluding steroid dienone is 3. The lowest BCUT2D eigenvalue weighted by Crippen LogP contribution is -2.18. The minimum Gasteiger partial charge on any atom is -0.377 e. The SMILES string of the molecule is CCCNS(=O)C1=C=C=C(C2=CCOCC2)C=C1. The molecule has 96 valence electrons. The van der Waals surface area contributed by atoms with Crippen LogP contribution in [0.15, 0.2) is 45.7 Å². The maximum atomic E-state index is 11.8. The second-order valence-electron chi connectivity index (χ2n) is 4.08. The molecule has 0 spiro atoms. The maximum absolute atomic E-state index is 11.8. The summed E-state index contributed by atoms with van der Waals surface area (Å²) in [4.78, 5) is 0.653. The lowest BCUT2D eigenvalue weighted by molar-refractivity contribution is 0.155. The minimum absolute atomic E-state index is 0.653. The zero-order valence-corrected chi connectivity index (χ0v) is 11.3. The highest BCUT2D eigenvalue weighted by atomic mass is 32.2. The summed E-state index contributed by atoms with van der Waals surface area (Å²) in [6, 6.07) is 0. The van der Waals surface area contributed by atoms with Gasteiger partial charge >= 0.3 is 0 Å². The van der Waals surface area contributed by atoms with Gasteiger partial charge in [-0.15, -0.1) is 0 Å². The normalized spacial score (nSPS) is 20.2. The Hall–Kier alpha value is -1.15. The number of hydrogen-bond acceptors (Lipinski definition) is 2. The fourth-order valence-electron chi connectivity index (χ4n) is 1.71. The molecule has 2 rings (SSSR count). The average Bonchev–Trinajstić information content (AvgIpc) is 2.46. The van der Waals surface area contributed by atoms with E-state index in [4.69, 9.17) is 4.74 Å². The quantitative estimate of drug-likeness (QED) is 0.772. The third-order valence-electron chi connectivity index (χ3n) is 2.71. The van der Waals surface area contributed by atoms with Gasteiger partial charge in [-0.25, -0.2) is 8.93 Å². The maximum Gasteiger partial charge on any atom is 0.133 e. The van der Waals surface area contributed by atoms with E-state index in [1.807, 2.05) is 19.1 Å². The highest BCUT2D eigenvalue weighted by Gasteiger charge is 2.10. The van der Waals surface area contributed by atoms with Crippen molar-refractivity contribution < 1.29 is 8.95 Å². The molecule has 0 bridgehead atoms. The molecule has 1 unspecified atom stereocenters. The third kappa shape index (κ3) is 3.42. The fraction of sp³-hybridized carbons (Fsp3) is 0.429. The first-order valence-electron chi connectivity index (χ1n) is 6.17. The molecule has 0 fully saturated rings. The van der Waals surface area contributed by atoms with Crippen LogP contribution in [0.1, 0.15) is 19.8 Å². The monoisotopic (exact) mass is 263 g/mol. The van der Waals surface area contributed by atoms with Gasteiger partial charge in [0, 0.05) is 12.1 Å². The van der Waals surface area contributed by atoms with Gasteiger partial charge in [0.05, 0.1) is 13.2 Å². The second kappa shape index (κ2) is 6.69. The van der Waals surface area contributed by atoms with Crippen molar-refractivity contribution in [1.82, 2.24) is 4.72 Å². The first kappa shape index (κ1) is 13.3. The Balaban J connectivity index is 2.15. The van der Waals surface area contributed by atoms with Crippen molar-refractivity contribution in [2.45, 2.75) is 19.8 Å². The van der Waals surface area contributed by atoms with E-state index in [0.29, 0.717) is 11.5 Å². The van der Waals surface area contributed by atoms with Crippen LogP contribution in [0.3, 0.4) is 0 Å². The number of ether oxygens (including phenoxy) is 1. The molecular formula is C14H17NO2S. The topological polar surface area (TPSA) is 38.3 Å². The molecule has 0 saturated heterocycles. The Morgan fingerprint density at radius 3 is 2.94 bits per heavy atom. The molecule has 0 aromatic rings. The van der Waals surface area contributed by atoms with E-state index < -0.39 is 11.0 Å². The third-order valence-corrected chi connectivity index (χ3v) is 3.82. The molecule has 2 aliphatic rings. The summed E-state index contributed by atoms with van der Waals surface area (Å²) in [6.07, 6.45) is 7.73. The number of hydrogen-bond donors (Lipinski definition) is 1. The van der Waals surface area contributed by atoms with Gasteiger partial charge in [0.25, 0.3) is 0 Å². The minimum atomic E-state index is -1.18. The standard InChI is InChI=1S/C14H17NO2S/c1-2-9-15-18(16)14-5-3-12(4-6-14)13-7-10-17-11-8-13/h3,5,7,15H,2,8-11H2,1H3. The molecule has 1 atom stereocenters. The molecule has 18 heavy (non-hydrogen) atoms. The lowest BCUT2D eigenvalue weighted by atomic mass is 10.0. The zero-order chi connectivity index (χ0) is 12.8. The van der Waals surface area contributed by atoms with Gasteiger partial charge in [-0.05, 0) is 30.6 Å². The van der Waals surface area contributed by atoms with Crippen LogP contribution in [-0.4, -0.2) is 24.0 Å². The smallest absolute Gasteiger partial charge is 0.133 e. The van der Waals surface area contributed by atoms with Gasteiger partial charge in [-0.2, -0.15) is 0 Å². The predicted octanol–water partition coefficient (Wildman–Crippen LogP) is 2.13. The van der Waals surface area contributed by atoms with Crippen molar-refractivity contribution in [3.8, 4) is 0 Å². The van der Waals surface area contributed by atoms with Crippen molar-refractivity contribution >= 4 is 11.0 Å². The van der Waals surface area contributed by atoms with Gasteiger partial charge in [-0.1, -0.05) is 24.5 Å². The van der Waals surface area contributed by atoms with Crippen LogP contribution < -0.4 is 4.72 Å². The zero-order valence-electron chi connectivity index (χ0n) is 10.5. The highest BCUT2D eigenvalue weighted by Crippen LogP contribution is 2.20. The van der Waals surface area contributed by atoms with Gasteiger partial charge in [0.15, 0.2) is 0 Å². The number of rotatable bonds is 5. The molecule has 0 aromatic carbocycles. The van der Waals surface area contributed by atoms with Gasteiger partial charge in [0.2, 0.25) is 0 Å². The van der Waals surface area contributed by atoms with E-state index in [2.05, 4.69) is 22.3 Å². The summed E-state index contributed by atoms with van der Waals surface area (Å²) in [7, 11) is -1.18. The van der Waals surface area contributed by atoms with E-state index in [0.717, 1.165) is 31.6 Å². The average molecular weight is 263 g/mol. The summed E-state index contributed by atoms with van der Waals surface area (Å²) < 4.78 is 20.0. The molecule has 1 aliphatic carbocycles. The first-order chi connectivity index (χ1) is 8.81. The molecule has 1 N–H and O–H groups in total. The Morgan fingerprint density at radius 2 is 2.33 bits per heavy atom. The molecule has 0 saturated carbocycles. The second-order valence-corrected chi connectivity index (χ2v) is 5.34. The Morgan fingerprint density at radius 1 is 1.44 bits per heavy atom. The Kier molecular flexibility index (Phi) is 4.94. The fourth-order valence-corrected chi connectivity index (χ4v) is 2.59. The van der Waals surface area contributed by atoms with Crippen molar-refractivity contribution in [2.75, 3.05) is 19.8 Å². The van der Waals surface area contributed by atoms with Crippen molar-refractivity contribution in [2.24, 2.45) is 0 Å². The van der Waals surface area contributed by atoms with E-state index in [-0.39, 0.29) is 0 Å². The largest absolute Gasteiger partial charge is 0.377 e. The Labute approximate surface area is 110 Å². The highest BCUT2D eigenvalue weighted by molar-refractivity contribution is 7.87. The van der Waals surface area contributed by atoms with Crippen LogP contribution in [0.25, 0.3) is 0 Å². The Bertz CT molecular complexity index is 504. The summed E-state index contributed by atoms with van der Waals surface area (Å²) >= 11 is 0. The van der Waals surface area contributed by atoms with Crippen molar-refractivity contribution in [3.63, 3.8) is 0 Å². The van der Waals surface area contributed by atoms with Crippen molar-refractivity contribution in [1.29, 1.82) is 0 Å². The summed E-state index contributed by atoms with van der Waals surface area (Å²) in [5.41, 5.74) is 8.31.